The first-order chi connectivity index (χ1) is 20.6. The zero-order valence-electron chi connectivity index (χ0n) is 23.9. The highest BCUT2D eigenvalue weighted by atomic mass is 79.9. The number of aromatic nitrogens is 2. The lowest BCUT2D eigenvalue weighted by molar-refractivity contribution is -0.122. The average Bonchev–Trinajstić information content (AvgIpc) is 3.28. The highest BCUT2D eigenvalue weighted by molar-refractivity contribution is 9.10. The number of rotatable bonds is 11. The second kappa shape index (κ2) is 15.9. The van der Waals surface area contributed by atoms with Crippen LogP contribution in [0.2, 0.25) is 10.0 Å². The molecular formula is C30H29BrCl3N5O5. The molecule has 2 aromatic heterocycles. The fraction of sp³-hybridized carbons (Fsp3) is 0.200. The molecular weight excluding hydrogens is 697 g/mol. The maximum atomic E-state index is 12.9. The first-order valence-corrected chi connectivity index (χ1v) is 14.5. The van der Waals surface area contributed by atoms with Crippen LogP contribution >= 0.6 is 51.5 Å². The Hall–Kier alpha value is -3.61. The van der Waals surface area contributed by atoms with Crippen molar-refractivity contribution in [1.82, 2.24) is 14.7 Å². The topological polar surface area (TPSA) is 114 Å². The number of nitrogens with zero attached hydrogens (tertiary/aromatic N) is 3. The van der Waals surface area contributed by atoms with Crippen LogP contribution in [0, 0.1) is 6.92 Å². The number of ether oxygens (including phenoxy) is 2. The molecule has 10 nitrogen and oxygen atoms in total. The Labute approximate surface area is 278 Å². The van der Waals surface area contributed by atoms with Crippen LogP contribution in [0.3, 0.4) is 0 Å². The maximum absolute atomic E-state index is 12.9. The van der Waals surface area contributed by atoms with E-state index in [9.17, 15) is 14.4 Å². The Morgan fingerprint density at radius 3 is 2.55 bits per heavy atom. The van der Waals surface area contributed by atoms with E-state index in [1.807, 2.05) is 23.6 Å². The number of hydrogen-bond acceptors (Lipinski definition) is 6. The van der Waals surface area contributed by atoms with Gasteiger partial charge in [0, 0.05) is 42.7 Å². The summed E-state index contributed by atoms with van der Waals surface area (Å²) in [6, 6.07) is 13.8. The number of carbonyl (C=O) groups is 3. The van der Waals surface area contributed by atoms with E-state index in [0.717, 1.165) is 15.9 Å². The molecule has 0 atom stereocenters. The second-order valence-electron chi connectivity index (χ2n) is 9.31. The van der Waals surface area contributed by atoms with Gasteiger partial charge >= 0.3 is 0 Å². The lowest BCUT2D eigenvalue weighted by Crippen LogP contribution is -2.37. The summed E-state index contributed by atoms with van der Waals surface area (Å²) in [6.45, 7) is 1.62. The Bertz CT molecular complexity index is 1690. The quantitative estimate of drug-likeness (QED) is 0.181. The number of nitrogens with one attached hydrogen (secondary N) is 2. The Kier molecular flexibility index (Phi) is 12.6. The van der Waals surface area contributed by atoms with Crippen molar-refractivity contribution in [3.8, 4) is 5.75 Å². The summed E-state index contributed by atoms with van der Waals surface area (Å²) in [7, 11) is 3.00. The number of halogens is 4. The van der Waals surface area contributed by atoms with Gasteiger partial charge in [0.2, 0.25) is 17.7 Å². The van der Waals surface area contributed by atoms with Gasteiger partial charge in [-0.15, -0.1) is 12.4 Å². The van der Waals surface area contributed by atoms with Crippen molar-refractivity contribution in [2.24, 2.45) is 0 Å². The molecule has 0 spiro atoms. The molecule has 232 valence electrons. The summed E-state index contributed by atoms with van der Waals surface area (Å²) >= 11 is 16.7. The van der Waals surface area contributed by atoms with Gasteiger partial charge in [0.15, 0.2) is 11.4 Å². The minimum Gasteiger partial charge on any atom is -0.485 e. The second-order valence-corrected chi connectivity index (χ2v) is 10.8. The van der Waals surface area contributed by atoms with E-state index in [1.54, 1.807) is 55.6 Å². The number of amides is 3. The fourth-order valence-electron chi connectivity index (χ4n) is 4.02. The number of likely N-dealkylation sites (N-methyl/N-ethyl adjacent to an activating group) is 1. The van der Waals surface area contributed by atoms with Crippen LogP contribution in [-0.2, 0) is 25.7 Å². The van der Waals surface area contributed by atoms with Gasteiger partial charge in [-0.2, -0.15) is 0 Å². The van der Waals surface area contributed by atoms with E-state index in [4.69, 9.17) is 32.7 Å². The molecule has 0 aliphatic carbocycles. The maximum Gasteiger partial charge on any atom is 0.250 e. The van der Waals surface area contributed by atoms with E-state index in [0.29, 0.717) is 33.4 Å². The highest BCUT2D eigenvalue weighted by Crippen LogP contribution is 2.35. The van der Waals surface area contributed by atoms with Crippen molar-refractivity contribution < 1.29 is 23.9 Å². The Morgan fingerprint density at radius 2 is 1.84 bits per heavy atom. The predicted octanol–water partition coefficient (Wildman–Crippen LogP) is 6.09. The van der Waals surface area contributed by atoms with E-state index >= 15 is 0 Å². The van der Waals surface area contributed by atoms with Gasteiger partial charge in [0.1, 0.15) is 17.8 Å². The molecule has 0 fully saturated rings. The molecule has 0 saturated heterocycles. The van der Waals surface area contributed by atoms with Crippen molar-refractivity contribution >= 4 is 92.4 Å². The van der Waals surface area contributed by atoms with E-state index in [-0.39, 0.29) is 43.1 Å². The van der Waals surface area contributed by atoms with Crippen LogP contribution in [0.5, 0.6) is 5.75 Å². The molecule has 3 amide bonds. The molecule has 2 N–H and O–H groups in total. The Morgan fingerprint density at radius 1 is 1.11 bits per heavy atom. The molecule has 0 radical (unpaired) electrons. The van der Waals surface area contributed by atoms with Gasteiger partial charge in [-0.25, -0.2) is 4.98 Å². The highest BCUT2D eigenvalue weighted by Gasteiger charge is 2.20. The van der Waals surface area contributed by atoms with Crippen molar-refractivity contribution in [3.05, 3.63) is 92.3 Å². The van der Waals surface area contributed by atoms with E-state index in [2.05, 4.69) is 31.5 Å². The largest absolute Gasteiger partial charge is 0.485 e. The van der Waals surface area contributed by atoms with Crippen molar-refractivity contribution in [3.63, 3.8) is 0 Å². The molecule has 2 aromatic carbocycles. The number of fused-ring (bicyclic) bond motifs is 1. The molecule has 0 unspecified atom stereocenters. The normalized spacial score (nSPS) is 10.9. The molecule has 0 aliphatic rings. The van der Waals surface area contributed by atoms with Gasteiger partial charge in [-0.05, 0) is 70.9 Å². The number of benzene rings is 2. The third kappa shape index (κ3) is 8.52. The third-order valence-corrected chi connectivity index (χ3v) is 8.03. The molecule has 4 aromatic rings. The van der Waals surface area contributed by atoms with Crippen LogP contribution in [0.4, 0.5) is 11.4 Å². The molecule has 14 heteroatoms. The summed E-state index contributed by atoms with van der Waals surface area (Å²) in [6.07, 6.45) is 4.78. The first kappa shape index (κ1) is 34.9. The van der Waals surface area contributed by atoms with Crippen molar-refractivity contribution in [2.45, 2.75) is 13.5 Å². The summed E-state index contributed by atoms with van der Waals surface area (Å²) < 4.78 is 13.5. The van der Waals surface area contributed by atoms with Gasteiger partial charge in [-0.3, -0.25) is 18.8 Å². The van der Waals surface area contributed by atoms with Gasteiger partial charge in [-0.1, -0.05) is 35.3 Å². The monoisotopic (exact) mass is 723 g/mol. The number of anilines is 2. The van der Waals surface area contributed by atoms with Crippen LogP contribution in [0.1, 0.15) is 16.8 Å². The molecule has 4 rings (SSSR count). The molecule has 0 bridgehead atoms. The number of hydrogen-bond donors (Lipinski definition) is 2. The lowest BCUT2D eigenvalue weighted by atomic mass is 10.2. The minimum atomic E-state index is -0.453. The summed E-state index contributed by atoms with van der Waals surface area (Å²) in [4.78, 5) is 42.8. The van der Waals surface area contributed by atoms with E-state index in [1.165, 1.54) is 18.1 Å². The molecule has 0 aliphatic heterocycles. The SMILES string of the molecule is COCC(=O)Nc1ccc(C=CC(=O)NCC(=O)N(C)c2ccc(Cl)c(COc3cccn4c(Br)c(C)nc34)c2Cl)cc1.Cl. The standard InChI is InChI=1S/C30H28BrCl2N5O5.ClH/c1-18-29(31)38-14-4-5-24(30(38)35-18)43-16-21-22(32)11-12-23(28(21)33)37(2)27(41)15-34-25(39)13-8-19-6-9-20(10-7-19)36-26(40)17-42-3;/h4-14H,15-17H2,1-3H3,(H,34,39)(H,36,40);1H. The minimum absolute atomic E-state index is 0. The molecule has 2 heterocycles. The van der Waals surface area contributed by atoms with Crippen molar-refractivity contribution in [1.29, 1.82) is 0 Å². The zero-order valence-corrected chi connectivity index (χ0v) is 27.8. The summed E-state index contributed by atoms with van der Waals surface area (Å²) in [5.74, 6) is -0.572. The molecule has 44 heavy (non-hydrogen) atoms. The predicted molar refractivity (Wildman–Crippen MR) is 178 cm³/mol. The number of imidazole rings is 1. The first-order valence-electron chi connectivity index (χ1n) is 12.9. The van der Waals surface area contributed by atoms with Crippen LogP contribution in [0.15, 0.2) is 65.4 Å². The Balaban J connectivity index is 0.00000529. The van der Waals surface area contributed by atoms with Crippen molar-refractivity contribution in [2.75, 3.05) is 37.5 Å². The smallest absolute Gasteiger partial charge is 0.250 e. The van der Waals surface area contributed by atoms with Crippen LogP contribution < -0.4 is 20.3 Å². The fourth-order valence-corrected chi connectivity index (χ4v) is 5.00. The number of aryl methyl sites for hydroxylation is 1. The van der Waals surface area contributed by atoms with Crippen LogP contribution in [0.25, 0.3) is 11.7 Å². The number of carbonyl (C=O) groups excluding carboxylic acids is 3. The number of methoxy groups -OCH3 is 1. The van der Waals surface area contributed by atoms with Gasteiger partial charge < -0.3 is 25.0 Å². The molecule has 0 saturated carbocycles. The summed E-state index contributed by atoms with van der Waals surface area (Å²) in [5, 5.41) is 5.90. The van der Waals surface area contributed by atoms with Gasteiger partial charge in [0.05, 0.1) is 22.9 Å². The van der Waals surface area contributed by atoms with Gasteiger partial charge in [0.25, 0.3) is 0 Å². The summed E-state index contributed by atoms with van der Waals surface area (Å²) in [5.41, 5.74) is 3.70. The zero-order chi connectivity index (χ0) is 31.1. The lowest BCUT2D eigenvalue weighted by Gasteiger charge is -2.21. The number of pyridine rings is 1. The third-order valence-electron chi connectivity index (χ3n) is 6.30. The van der Waals surface area contributed by atoms with Crippen LogP contribution in [-0.4, -0.2) is 54.4 Å². The average molecular weight is 726 g/mol. The van der Waals surface area contributed by atoms with E-state index < -0.39 is 11.8 Å².